The molecule has 19 heavy (non-hydrogen) atoms. The Balaban J connectivity index is 1.57. The van der Waals surface area contributed by atoms with E-state index >= 15 is 0 Å². The summed E-state index contributed by atoms with van der Waals surface area (Å²) in [6.07, 6.45) is 5.45. The number of carbonyl (C=O) groups is 1. The minimum absolute atomic E-state index is 0.00619. The smallest absolute Gasteiger partial charge is 0.358 e. The van der Waals surface area contributed by atoms with Crippen LogP contribution in [-0.4, -0.2) is 63.7 Å². The van der Waals surface area contributed by atoms with E-state index in [0.717, 1.165) is 19.6 Å². The predicted octanol–water partition coefficient (Wildman–Crippen LogP) is 0.0518. The fourth-order valence-electron chi connectivity index (χ4n) is 2.24. The van der Waals surface area contributed by atoms with Crippen molar-refractivity contribution in [2.45, 2.75) is 25.8 Å². The number of rotatable bonds is 7. The fraction of sp³-hybridized carbons (Fsp3) is 0.750. The van der Waals surface area contributed by atoms with Gasteiger partial charge in [0, 0.05) is 19.6 Å². The standard InChI is InChI=1S/C12H21N5O2/c18-12(19)11-10-17(15-14-11)9-5-13-4-8-16-6-2-1-3-7-16/h10,13H,1-9H2,(H,18,19). The Morgan fingerprint density at radius 3 is 2.68 bits per heavy atom. The van der Waals surface area contributed by atoms with Gasteiger partial charge in [-0.3, -0.25) is 4.68 Å². The summed E-state index contributed by atoms with van der Waals surface area (Å²) in [7, 11) is 0. The molecule has 2 rings (SSSR count). The van der Waals surface area contributed by atoms with Crippen molar-refractivity contribution in [2.75, 3.05) is 32.7 Å². The van der Waals surface area contributed by atoms with Gasteiger partial charge in [-0.2, -0.15) is 0 Å². The van der Waals surface area contributed by atoms with Gasteiger partial charge in [-0.1, -0.05) is 11.6 Å². The Morgan fingerprint density at radius 1 is 1.26 bits per heavy atom. The maximum Gasteiger partial charge on any atom is 0.358 e. The highest BCUT2D eigenvalue weighted by molar-refractivity contribution is 5.84. The molecule has 1 aliphatic rings. The van der Waals surface area contributed by atoms with E-state index in [1.165, 1.54) is 38.5 Å². The van der Waals surface area contributed by atoms with Crippen LogP contribution in [0.15, 0.2) is 6.20 Å². The first-order valence-corrected chi connectivity index (χ1v) is 6.82. The molecule has 7 nitrogen and oxygen atoms in total. The maximum atomic E-state index is 10.6. The summed E-state index contributed by atoms with van der Waals surface area (Å²) in [4.78, 5) is 13.1. The third-order valence-corrected chi connectivity index (χ3v) is 3.33. The lowest BCUT2D eigenvalue weighted by molar-refractivity contribution is 0.0690. The van der Waals surface area contributed by atoms with Crippen molar-refractivity contribution in [2.24, 2.45) is 0 Å². The van der Waals surface area contributed by atoms with Gasteiger partial charge in [-0.15, -0.1) is 5.10 Å². The van der Waals surface area contributed by atoms with Gasteiger partial charge in [0.15, 0.2) is 5.69 Å². The van der Waals surface area contributed by atoms with Crippen LogP contribution >= 0.6 is 0 Å². The molecule has 2 heterocycles. The molecule has 1 aromatic rings. The first kappa shape index (κ1) is 14.0. The molecule has 1 aliphatic heterocycles. The molecule has 1 fully saturated rings. The average molecular weight is 267 g/mol. The molecule has 0 radical (unpaired) electrons. The molecule has 0 aromatic carbocycles. The molecule has 0 amide bonds. The normalized spacial score (nSPS) is 16.6. The lowest BCUT2D eigenvalue weighted by Gasteiger charge is -2.26. The largest absolute Gasteiger partial charge is 0.476 e. The second-order valence-electron chi connectivity index (χ2n) is 4.82. The van der Waals surface area contributed by atoms with Crippen molar-refractivity contribution >= 4 is 5.97 Å². The second kappa shape index (κ2) is 7.20. The molecule has 0 unspecified atom stereocenters. The zero-order valence-electron chi connectivity index (χ0n) is 11.1. The molecule has 0 aliphatic carbocycles. The number of aromatic nitrogens is 3. The van der Waals surface area contributed by atoms with Gasteiger partial charge in [0.1, 0.15) is 0 Å². The molecule has 0 bridgehead atoms. The van der Waals surface area contributed by atoms with E-state index in [9.17, 15) is 4.79 Å². The molecule has 2 N–H and O–H groups in total. The molecule has 0 spiro atoms. The molecule has 1 aromatic heterocycles. The molecular weight excluding hydrogens is 246 g/mol. The van der Waals surface area contributed by atoms with Crippen LogP contribution in [0.5, 0.6) is 0 Å². The number of likely N-dealkylation sites (tertiary alicyclic amines) is 1. The minimum Gasteiger partial charge on any atom is -0.476 e. The Kier molecular flexibility index (Phi) is 5.29. The molecule has 0 saturated carbocycles. The first-order chi connectivity index (χ1) is 9.25. The number of aromatic carboxylic acids is 1. The summed E-state index contributed by atoms with van der Waals surface area (Å²) >= 11 is 0. The van der Waals surface area contributed by atoms with Crippen LogP contribution in [0.2, 0.25) is 0 Å². The summed E-state index contributed by atoms with van der Waals surface area (Å²) in [5.74, 6) is -1.04. The molecule has 7 heteroatoms. The summed E-state index contributed by atoms with van der Waals surface area (Å²) in [6.45, 7) is 5.88. The number of hydrogen-bond donors (Lipinski definition) is 2. The molecule has 106 valence electrons. The Bertz CT molecular complexity index is 401. The number of carboxylic acid groups (broad SMARTS) is 1. The molecule has 1 saturated heterocycles. The van der Waals surface area contributed by atoms with E-state index in [4.69, 9.17) is 5.11 Å². The van der Waals surface area contributed by atoms with Crippen LogP contribution in [0, 0.1) is 0 Å². The van der Waals surface area contributed by atoms with E-state index < -0.39 is 5.97 Å². The number of nitrogens with zero attached hydrogens (tertiary/aromatic N) is 4. The van der Waals surface area contributed by atoms with Crippen LogP contribution in [-0.2, 0) is 6.54 Å². The summed E-state index contributed by atoms with van der Waals surface area (Å²) in [6, 6.07) is 0. The summed E-state index contributed by atoms with van der Waals surface area (Å²) in [5, 5.41) is 19.4. The van der Waals surface area contributed by atoms with Crippen molar-refractivity contribution in [3.05, 3.63) is 11.9 Å². The quantitative estimate of drug-likeness (QED) is 0.679. The highest BCUT2D eigenvalue weighted by Gasteiger charge is 2.09. The van der Waals surface area contributed by atoms with Crippen molar-refractivity contribution < 1.29 is 9.90 Å². The highest BCUT2D eigenvalue weighted by Crippen LogP contribution is 2.07. The monoisotopic (exact) mass is 267 g/mol. The van der Waals surface area contributed by atoms with E-state index in [1.807, 2.05) is 0 Å². The highest BCUT2D eigenvalue weighted by atomic mass is 16.4. The van der Waals surface area contributed by atoms with Gasteiger partial charge in [-0.05, 0) is 25.9 Å². The third kappa shape index (κ3) is 4.60. The lowest BCUT2D eigenvalue weighted by atomic mass is 10.1. The average Bonchev–Trinajstić information content (AvgIpc) is 2.89. The van der Waals surface area contributed by atoms with Gasteiger partial charge < -0.3 is 15.3 Å². The topological polar surface area (TPSA) is 83.3 Å². The fourth-order valence-corrected chi connectivity index (χ4v) is 2.24. The zero-order valence-corrected chi connectivity index (χ0v) is 11.1. The SMILES string of the molecule is O=C(O)c1cn(CCNCCN2CCCCC2)nn1. The first-order valence-electron chi connectivity index (χ1n) is 6.82. The van der Waals surface area contributed by atoms with Crippen LogP contribution < -0.4 is 5.32 Å². The third-order valence-electron chi connectivity index (χ3n) is 3.33. The Morgan fingerprint density at radius 2 is 2.00 bits per heavy atom. The van der Waals surface area contributed by atoms with Crippen LogP contribution in [0.4, 0.5) is 0 Å². The van der Waals surface area contributed by atoms with Gasteiger partial charge >= 0.3 is 5.97 Å². The van der Waals surface area contributed by atoms with E-state index in [-0.39, 0.29) is 5.69 Å². The van der Waals surface area contributed by atoms with Crippen molar-refractivity contribution in [3.63, 3.8) is 0 Å². The number of hydrogen-bond acceptors (Lipinski definition) is 5. The molecular formula is C12H21N5O2. The number of carboxylic acids is 1. The Hall–Kier alpha value is -1.47. The summed E-state index contributed by atoms with van der Waals surface area (Å²) < 4.78 is 1.55. The Labute approximate surface area is 112 Å². The van der Waals surface area contributed by atoms with Gasteiger partial charge in [0.25, 0.3) is 0 Å². The number of piperidine rings is 1. The zero-order chi connectivity index (χ0) is 13.5. The summed E-state index contributed by atoms with van der Waals surface area (Å²) in [5.41, 5.74) is -0.00619. The van der Waals surface area contributed by atoms with E-state index in [0.29, 0.717) is 6.54 Å². The number of nitrogens with one attached hydrogen (secondary N) is 1. The van der Waals surface area contributed by atoms with Gasteiger partial charge in [0.2, 0.25) is 0 Å². The van der Waals surface area contributed by atoms with Gasteiger partial charge in [0.05, 0.1) is 12.7 Å². The lowest BCUT2D eigenvalue weighted by Crippen LogP contribution is -2.36. The van der Waals surface area contributed by atoms with E-state index in [2.05, 4.69) is 20.5 Å². The second-order valence-corrected chi connectivity index (χ2v) is 4.82. The molecule has 0 atom stereocenters. The van der Waals surface area contributed by atoms with E-state index in [1.54, 1.807) is 4.68 Å². The van der Waals surface area contributed by atoms with Crippen molar-refractivity contribution in [1.82, 2.24) is 25.2 Å². The van der Waals surface area contributed by atoms with Crippen LogP contribution in [0.3, 0.4) is 0 Å². The minimum atomic E-state index is -1.04. The van der Waals surface area contributed by atoms with Crippen molar-refractivity contribution in [1.29, 1.82) is 0 Å². The van der Waals surface area contributed by atoms with Crippen molar-refractivity contribution in [3.8, 4) is 0 Å². The van der Waals surface area contributed by atoms with Gasteiger partial charge in [-0.25, -0.2) is 4.79 Å². The van der Waals surface area contributed by atoms with Crippen LogP contribution in [0.25, 0.3) is 0 Å². The maximum absolute atomic E-state index is 10.6. The van der Waals surface area contributed by atoms with Crippen LogP contribution in [0.1, 0.15) is 29.8 Å². The predicted molar refractivity (Wildman–Crippen MR) is 70.1 cm³/mol.